The second-order valence-electron chi connectivity index (χ2n) is 6.14. The summed E-state index contributed by atoms with van der Waals surface area (Å²) < 4.78 is 31.2. The van der Waals surface area contributed by atoms with Crippen LogP contribution in [-0.2, 0) is 10.0 Å². The minimum absolute atomic E-state index is 0.110. The van der Waals surface area contributed by atoms with Crippen LogP contribution < -0.4 is 10.2 Å². The number of nitrogens with one attached hydrogen (secondary N) is 1. The van der Waals surface area contributed by atoms with Gasteiger partial charge in [0.2, 0.25) is 10.0 Å². The largest absolute Gasteiger partial charge is 0.466 e. The van der Waals surface area contributed by atoms with Crippen LogP contribution in [-0.4, -0.2) is 46.8 Å². The summed E-state index contributed by atoms with van der Waals surface area (Å²) in [7, 11) is 2.96. The van der Waals surface area contributed by atoms with Crippen molar-refractivity contribution in [2.24, 2.45) is 0 Å². The van der Waals surface area contributed by atoms with Gasteiger partial charge in [0, 0.05) is 28.2 Å². The molecule has 7 nitrogen and oxygen atoms in total. The molecule has 0 unspecified atom stereocenters. The standard InChI is InChI=1S/C17H23N3O4S/c1-11-9-14(12(2)24-11)17(21)18-15-10-13(25(22,23)20(5)6)7-8-16(15)19(3)4/h7-10H,1-6H3,(H,18,21). The molecule has 0 aliphatic rings. The maximum Gasteiger partial charge on any atom is 0.259 e. The number of aryl methyl sites for hydroxylation is 2. The highest BCUT2D eigenvalue weighted by molar-refractivity contribution is 7.89. The van der Waals surface area contributed by atoms with Gasteiger partial charge < -0.3 is 14.6 Å². The highest BCUT2D eigenvalue weighted by atomic mass is 32.2. The third-order valence-corrected chi connectivity index (χ3v) is 5.57. The van der Waals surface area contributed by atoms with E-state index < -0.39 is 10.0 Å². The summed E-state index contributed by atoms with van der Waals surface area (Å²) in [6, 6.07) is 6.30. The van der Waals surface area contributed by atoms with Gasteiger partial charge in [-0.15, -0.1) is 0 Å². The number of amides is 1. The first kappa shape index (κ1) is 19.0. The SMILES string of the molecule is Cc1cc(C(=O)Nc2cc(S(=O)(=O)N(C)C)ccc2N(C)C)c(C)o1. The Hall–Kier alpha value is -2.32. The molecule has 0 fully saturated rings. The van der Waals surface area contributed by atoms with Crippen molar-refractivity contribution in [3.63, 3.8) is 0 Å². The zero-order chi connectivity index (χ0) is 18.9. The Morgan fingerprint density at radius 2 is 1.72 bits per heavy atom. The van der Waals surface area contributed by atoms with Crippen LogP contribution in [0, 0.1) is 13.8 Å². The summed E-state index contributed by atoms with van der Waals surface area (Å²) in [6.07, 6.45) is 0. The monoisotopic (exact) mass is 365 g/mol. The Morgan fingerprint density at radius 3 is 2.20 bits per heavy atom. The van der Waals surface area contributed by atoms with Crippen molar-refractivity contribution >= 4 is 27.3 Å². The van der Waals surface area contributed by atoms with Gasteiger partial charge in [-0.3, -0.25) is 4.79 Å². The van der Waals surface area contributed by atoms with E-state index in [0.29, 0.717) is 28.5 Å². The molecule has 0 aliphatic carbocycles. The van der Waals surface area contributed by atoms with Crippen LogP contribution in [0.1, 0.15) is 21.9 Å². The number of nitrogens with zero attached hydrogens (tertiary/aromatic N) is 2. The number of anilines is 2. The molecule has 0 spiro atoms. The normalized spacial score (nSPS) is 11.6. The molecule has 0 bridgehead atoms. The molecule has 0 saturated carbocycles. The van der Waals surface area contributed by atoms with Gasteiger partial charge in [0.1, 0.15) is 11.5 Å². The number of carbonyl (C=O) groups is 1. The molecular formula is C17H23N3O4S. The summed E-state index contributed by atoms with van der Waals surface area (Å²) >= 11 is 0. The van der Waals surface area contributed by atoms with E-state index in [2.05, 4.69) is 5.32 Å². The number of hydrogen-bond donors (Lipinski definition) is 1. The van der Waals surface area contributed by atoms with Crippen molar-refractivity contribution in [3.05, 3.63) is 41.3 Å². The van der Waals surface area contributed by atoms with E-state index in [9.17, 15) is 13.2 Å². The van der Waals surface area contributed by atoms with E-state index in [-0.39, 0.29) is 10.8 Å². The van der Waals surface area contributed by atoms with E-state index in [1.807, 2.05) is 14.1 Å². The van der Waals surface area contributed by atoms with E-state index in [0.717, 1.165) is 4.31 Å². The van der Waals surface area contributed by atoms with Gasteiger partial charge in [0.25, 0.3) is 5.91 Å². The van der Waals surface area contributed by atoms with Crippen molar-refractivity contribution in [2.45, 2.75) is 18.7 Å². The molecule has 136 valence electrons. The maximum absolute atomic E-state index is 12.6. The number of rotatable bonds is 5. The van der Waals surface area contributed by atoms with Crippen molar-refractivity contribution in [2.75, 3.05) is 38.4 Å². The fourth-order valence-corrected chi connectivity index (χ4v) is 3.35. The number of sulfonamides is 1. The lowest BCUT2D eigenvalue weighted by Gasteiger charge is -2.20. The van der Waals surface area contributed by atoms with E-state index >= 15 is 0 Å². The van der Waals surface area contributed by atoms with Gasteiger partial charge in [-0.2, -0.15) is 0 Å². The molecule has 2 aromatic rings. The van der Waals surface area contributed by atoms with Crippen molar-refractivity contribution < 1.29 is 17.6 Å². The Labute approximate surface area is 148 Å². The maximum atomic E-state index is 12.6. The molecule has 25 heavy (non-hydrogen) atoms. The Kier molecular flexibility index (Phi) is 5.24. The van der Waals surface area contributed by atoms with Crippen LogP contribution in [0.5, 0.6) is 0 Å². The minimum Gasteiger partial charge on any atom is -0.466 e. The van der Waals surface area contributed by atoms with Crippen molar-refractivity contribution in [1.29, 1.82) is 0 Å². The molecule has 1 N–H and O–H groups in total. The van der Waals surface area contributed by atoms with Gasteiger partial charge in [0.15, 0.2) is 0 Å². The zero-order valence-corrected chi connectivity index (χ0v) is 16.1. The quantitative estimate of drug-likeness (QED) is 0.880. The molecule has 1 aromatic carbocycles. The van der Waals surface area contributed by atoms with Gasteiger partial charge in [-0.1, -0.05) is 0 Å². The first-order valence-corrected chi connectivity index (χ1v) is 9.10. The molecule has 8 heteroatoms. The van der Waals surface area contributed by atoms with Crippen LogP contribution in [0.15, 0.2) is 33.6 Å². The Balaban J connectivity index is 2.47. The highest BCUT2D eigenvalue weighted by Crippen LogP contribution is 2.29. The molecule has 1 aromatic heterocycles. The van der Waals surface area contributed by atoms with Crippen LogP contribution >= 0.6 is 0 Å². The molecule has 0 aliphatic heterocycles. The minimum atomic E-state index is -3.60. The van der Waals surface area contributed by atoms with Crippen LogP contribution in [0.4, 0.5) is 11.4 Å². The molecule has 0 radical (unpaired) electrons. The first-order chi connectivity index (χ1) is 11.5. The molecule has 2 rings (SSSR count). The number of benzene rings is 1. The summed E-state index contributed by atoms with van der Waals surface area (Å²) in [5, 5.41) is 2.79. The molecule has 0 atom stereocenters. The van der Waals surface area contributed by atoms with Crippen molar-refractivity contribution in [1.82, 2.24) is 4.31 Å². The molecule has 1 amide bonds. The van der Waals surface area contributed by atoms with Crippen LogP contribution in [0.25, 0.3) is 0 Å². The fourth-order valence-electron chi connectivity index (χ4n) is 2.42. The average Bonchev–Trinajstić information content (AvgIpc) is 2.85. The third-order valence-electron chi connectivity index (χ3n) is 3.76. The molecule has 1 heterocycles. The predicted molar refractivity (Wildman–Crippen MR) is 97.8 cm³/mol. The number of hydrogen-bond acceptors (Lipinski definition) is 5. The summed E-state index contributed by atoms with van der Waals surface area (Å²) in [6.45, 7) is 3.47. The van der Waals surface area contributed by atoms with E-state index in [1.54, 1.807) is 30.9 Å². The second-order valence-corrected chi connectivity index (χ2v) is 8.29. The number of furan rings is 1. The van der Waals surface area contributed by atoms with E-state index in [1.165, 1.54) is 26.2 Å². The fraction of sp³-hybridized carbons (Fsp3) is 0.353. The average molecular weight is 365 g/mol. The lowest BCUT2D eigenvalue weighted by Crippen LogP contribution is -2.23. The smallest absolute Gasteiger partial charge is 0.259 e. The predicted octanol–water partition coefficient (Wildman–Crippen LogP) is 2.47. The van der Waals surface area contributed by atoms with Crippen LogP contribution in [0.3, 0.4) is 0 Å². The second kappa shape index (κ2) is 6.89. The number of carbonyl (C=O) groups excluding carboxylic acids is 1. The zero-order valence-electron chi connectivity index (χ0n) is 15.2. The van der Waals surface area contributed by atoms with Gasteiger partial charge in [0.05, 0.1) is 21.8 Å². The van der Waals surface area contributed by atoms with Crippen molar-refractivity contribution in [3.8, 4) is 0 Å². The lowest BCUT2D eigenvalue weighted by atomic mass is 10.2. The molecular weight excluding hydrogens is 342 g/mol. The molecule has 0 saturated heterocycles. The topological polar surface area (TPSA) is 82.9 Å². The first-order valence-electron chi connectivity index (χ1n) is 7.66. The summed E-state index contributed by atoms with van der Waals surface area (Å²) in [4.78, 5) is 14.5. The van der Waals surface area contributed by atoms with Crippen LogP contribution in [0.2, 0.25) is 0 Å². The third kappa shape index (κ3) is 3.85. The van der Waals surface area contributed by atoms with Gasteiger partial charge >= 0.3 is 0 Å². The highest BCUT2D eigenvalue weighted by Gasteiger charge is 2.21. The van der Waals surface area contributed by atoms with Gasteiger partial charge in [-0.05, 0) is 38.1 Å². The Bertz CT molecular complexity index is 899. The van der Waals surface area contributed by atoms with E-state index in [4.69, 9.17) is 4.42 Å². The summed E-state index contributed by atoms with van der Waals surface area (Å²) in [5.41, 5.74) is 1.53. The lowest BCUT2D eigenvalue weighted by molar-refractivity contribution is 0.102. The van der Waals surface area contributed by atoms with Gasteiger partial charge in [-0.25, -0.2) is 12.7 Å². The Morgan fingerprint density at radius 1 is 1.08 bits per heavy atom. The summed E-state index contributed by atoms with van der Waals surface area (Å²) in [5.74, 6) is 0.801.